The highest BCUT2D eigenvalue weighted by atomic mass is 16.2. The quantitative estimate of drug-likeness (QED) is 0.650. The van der Waals surface area contributed by atoms with E-state index in [0.717, 1.165) is 45.7 Å². The van der Waals surface area contributed by atoms with Gasteiger partial charge in [-0.3, -0.25) is 9.69 Å². The first-order chi connectivity index (χ1) is 15.6. The lowest BCUT2D eigenvalue weighted by Gasteiger charge is -2.36. The van der Waals surface area contributed by atoms with E-state index in [-0.39, 0.29) is 5.91 Å². The van der Waals surface area contributed by atoms with Crippen LogP contribution >= 0.6 is 0 Å². The molecule has 6 heteroatoms. The number of H-pyrrole nitrogens is 1. The minimum Gasteiger partial charge on any atom is -0.369 e. The minimum absolute atomic E-state index is 0.161. The second-order valence-corrected chi connectivity index (χ2v) is 9.29. The van der Waals surface area contributed by atoms with Gasteiger partial charge >= 0.3 is 0 Å². The lowest BCUT2D eigenvalue weighted by molar-refractivity contribution is -0.127. The van der Waals surface area contributed by atoms with Gasteiger partial charge in [-0.25, -0.2) is 0 Å². The van der Waals surface area contributed by atoms with Gasteiger partial charge in [-0.1, -0.05) is 18.2 Å². The van der Waals surface area contributed by atoms with E-state index in [1.165, 1.54) is 27.8 Å². The van der Waals surface area contributed by atoms with Crippen molar-refractivity contribution < 1.29 is 4.79 Å². The number of para-hydroxylation sites is 1. The highest BCUT2D eigenvalue weighted by Gasteiger charge is 2.30. The van der Waals surface area contributed by atoms with Crippen LogP contribution < -0.4 is 9.80 Å². The number of benzene rings is 2. The van der Waals surface area contributed by atoms with Gasteiger partial charge in [0, 0.05) is 81.2 Å². The molecule has 2 aromatic carbocycles. The average Bonchev–Trinajstić information content (AvgIpc) is 3.42. The molecule has 1 amide bonds. The molecule has 1 fully saturated rings. The van der Waals surface area contributed by atoms with E-state index in [2.05, 4.69) is 68.2 Å². The Morgan fingerprint density at radius 2 is 1.88 bits per heavy atom. The second kappa shape index (κ2) is 8.87. The predicted octanol–water partition coefficient (Wildman–Crippen LogP) is 3.37. The smallest absolute Gasteiger partial charge is 0.241 e. The summed E-state index contributed by atoms with van der Waals surface area (Å²) in [5.41, 5.74) is 5.16. The molecule has 2 aliphatic rings. The zero-order valence-electron chi connectivity index (χ0n) is 19.1. The number of nitrogens with one attached hydrogen (secondary N) is 1. The molecule has 0 bridgehead atoms. The summed E-state index contributed by atoms with van der Waals surface area (Å²) < 4.78 is 0. The Bertz CT molecular complexity index is 1080. The maximum atomic E-state index is 12.3. The second-order valence-electron chi connectivity index (χ2n) is 9.29. The molecule has 1 saturated heterocycles. The molecular weight excluding hydrogens is 398 g/mol. The molecule has 0 saturated carbocycles. The molecule has 5 rings (SSSR count). The number of hydrogen-bond donors (Lipinski definition) is 1. The first kappa shape index (κ1) is 20.9. The standard InChI is InChI=1S/C26H33N5O/c1-28(2)26(32)19-31-18-21(23-5-3-4-6-25(23)31)10-12-29-13-15-30(16-14-29)22-7-8-24-20(17-22)9-11-27-24/h3-9,11,17,21,27H,10,12-16,18-19H2,1-2H3. The van der Waals surface area contributed by atoms with E-state index in [1.54, 1.807) is 4.90 Å². The Balaban J connectivity index is 1.16. The summed E-state index contributed by atoms with van der Waals surface area (Å²) in [7, 11) is 3.66. The number of likely N-dealkylation sites (N-methyl/N-ethyl adjacent to an activating group) is 1. The molecule has 0 aliphatic carbocycles. The van der Waals surface area contributed by atoms with Crippen LogP contribution in [0.2, 0.25) is 0 Å². The number of nitrogens with zero attached hydrogens (tertiary/aromatic N) is 4. The van der Waals surface area contributed by atoms with E-state index in [9.17, 15) is 4.79 Å². The summed E-state index contributed by atoms with van der Waals surface area (Å²) >= 11 is 0. The molecule has 168 valence electrons. The molecule has 0 radical (unpaired) electrons. The molecule has 3 aromatic rings. The van der Waals surface area contributed by atoms with Crippen molar-refractivity contribution >= 4 is 28.2 Å². The maximum absolute atomic E-state index is 12.3. The highest BCUT2D eigenvalue weighted by Crippen LogP contribution is 2.38. The fraction of sp³-hybridized carbons (Fsp3) is 0.423. The zero-order chi connectivity index (χ0) is 22.1. The fourth-order valence-corrected chi connectivity index (χ4v) is 5.09. The molecule has 2 aliphatic heterocycles. The van der Waals surface area contributed by atoms with Gasteiger partial charge in [-0.15, -0.1) is 0 Å². The van der Waals surface area contributed by atoms with Crippen LogP contribution in [-0.2, 0) is 4.79 Å². The van der Waals surface area contributed by atoms with Crippen LogP contribution in [0.1, 0.15) is 17.9 Å². The Morgan fingerprint density at radius 1 is 1.06 bits per heavy atom. The number of fused-ring (bicyclic) bond motifs is 2. The number of carbonyl (C=O) groups excluding carboxylic acids is 1. The van der Waals surface area contributed by atoms with Gasteiger partial charge in [0.1, 0.15) is 0 Å². The fourth-order valence-electron chi connectivity index (χ4n) is 5.09. The number of aromatic nitrogens is 1. The van der Waals surface area contributed by atoms with Gasteiger partial charge < -0.3 is 19.7 Å². The van der Waals surface area contributed by atoms with Crippen LogP contribution in [0, 0.1) is 0 Å². The summed E-state index contributed by atoms with van der Waals surface area (Å²) in [6.07, 6.45) is 3.14. The van der Waals surface area contributed by atoms with Gasteiger partial charge in [0.05, 0.1) is 6.54 Å². The molecule has 6 nitrogen and oxygen atoms in total. The summed E-state index contributed by atoms with van der Waals surface area (Å²) in [5.74, 6) is 0.657. The lowest BCUT2D eigenvalue weighted by atomic mass is 9.97. The lowest BCUT2D eigenvalue weighted by Crippen LogP contribution is -2.46. The molecule has 1 aromatic heterocycles. The molecular formula is C26H33N5O. The first-order valence-electron chi connectivity index (χ1n) is 11.7. The Labute approximate surface area is 190 Å². The van der Waals surface area contributed by atoms with Gasteiger partial charge in [0.2, 0.25) is 5.91 Å². The largest absolute Gasteiger partial charge is 0.369 e. The molecule has 1 unspecified atom stereocenters. The number of carbonyl (C=O) groups is 1. The molecule has 1 atom stereocenters. The third kappa shape index (κ3) is 4.19. The summed E-state index contributed by atoms with van der Waals surface area (Å²) in [6, 6.07) is 17.5. The SMILES string of the molecule is CN(C)C(=O)CN1CC(CCN2CCN(c3ccc4[nH]ccc4c3)CC2)c2ccccc21. The van der Waals surface area contributed by atoms with Crippen molar-refractivity contribution in [1.29, 1.82) is 0 Å². The van der Waals surface area contributed by atoms with E-state index in [1.807, 2.05) is 20.3 Å². The Morgan fingerprint density at radius 3 is 2.69 bits per heavy atom. The summed E-state index contributed by atoms with van der Waals surface area (Å²) in [4.78, 5) is 24.6. The third-order valence-corrected chi connectivity index (χ3v) is 7.05. The number of hydrogen-bond acceptors (Lipinski definition) is 4. The van der Waals surface area contributed by atoms with Crippen LogP contribution in [-0.4, -0.2) is 80.6 Å². The van der Waals surface area contributed by atoms with Crippen molar-refractivity contribution in [3.05, 3.63) is 60.3 Å². The number of rotatable bonds is 6. The van der Waals surface area contributed by atoms with E-state index < -0.39 is 0 Å². The van der Waals surface area contributed by atoms with Crippen LogP contribution in [0.3, 0.4) is 0 Å². The van der Waals surface area contributed by atoms with Crippen molar-refractivity contribution in [2.24, 2.45) is 0 Å². The number of anilines is 2. The first-order valence-corrected chi connectivity index (χ1v) is 11.7. The monoisotopic (exact) mass is 431 g/mol. The van der Waals surface area contributed by atoms with Crippen molar-refractivity contribution in [2.75, 3.05) is 69.7 Å². The van der Waals surface area contributed by atoms with Gasteiger partial charge in [0.15, 0.2) is 0 Å². The Hall–Kier alpha value is -2.99. The van der Waals surface area contributed by atoms with E-state index >= 15 is 0 Å². The normalized spacial score (nSPS) is 18.9. The summed E-state index contributed by atoms with van der Waals surface area (Å²) in [6.45, 7) is 6.85. The number of piperazine rings is 1. The molecule has 3 heterocycles. The van der Waals surface area contributed by atoms with Crippen molar-refractivity contribution in [3.8, 4) is 0 Å². The van der Waals surface area contributed by atoms with Crippen LogP contribution in [0.5, 0.6) is 0 Å². The molecule has 1 N–H and O–H groups in total. The predicted molar refractivity (Wildman–Crippen MR) is 132 cm³/mol. The number of amides is 1. The number of aromatic amines is 1. The van der Waals surface area contributed by atoms with Gasteiger partial charge in [-0.05, 0) is 48.9 Å². The minimum atomic E-state index is 0.161. The topological polar surface area (TPSA) is 45.8 Å². The van der Waals surface area contributed by atoms with Crippen LogP contribution in [0.15, 0.2) is 54.7 Å². The molecule has 32 heavy (non-hydrogen) atoms. The van der Waals surface area contributed by atoms with Gasteiger partial charge in [0.25, 0.3) is 0 Å². The maximum Gasteiger partial charge on any atom is 0.241 e. The van der Waals surface area contributed by atoms with Crippen molar-refractivity contribution in [3.63, 3.8) is 0 Å². The van der Waals surface area contributed by atoms with Gasteiger partial charge in [-0.2, -0.15) is 0 Å². The van der Waals surface area contributed by atoms with E-state index in [0.29, 0.717) is 12.5 Å². The van der Waals surface area contributed by atoms with Crippen LogP contribution in [0.4, 0.5) is 11.4 Å². The third-order valence-electron chi connectivity index (χ3n) is 7.05. The van der Waals surface area contributed by atoms with Crippen LogP contribution in [0.25, 0.3) is 10.9 Å². The highest BCUT2D eigenvalue weighted by molar-refractivity contribution is 5.83. The van der Waals surface area contributed by atoms with Crippen molar-refractivity contribution in [1.82, 2.24) is 14.8 Å². The van der Waals surface area contributed by atoms with E-state index in [4.69, 9.17) is 0 Å². The summed E-state index contributed by atoms with van der Waals surface area (Å²) in [5, 5.41) is 1.28. The van der Waals surface area contributed by atoms with Crippen molar-refractivity contribution in [2.45, 2.75) is 12.3 Å². The average molecular weight is 432 g/mol. The zero-order valence-corrected chi connectivity index (χ0v) is 19.1. The molecule has 0 spiro atoms. The Kier molecular flexibility index (Phi) is 5.79.